The van der Waals surface area contributed by atoms with Crippen molar-refractivity contribution in [1.82, 2.24) is 19.5 Å². The molecule has 5 rings (SSSR count). The topological polar surface area (TPSA) is 105 Å². The quantitative estimate of drug-likeness (QED) is 0.474. The third-order valence-corrected chi connectivity index (χ3v) is 6.16. The Hall–Kier alpha value is -3.40. The van der Waals surface area contributed by atoms with Crippen LogP contribution in [-0.2, 0) is 0 Å². The first kappa shape index (κ1) is 20.5. The summed E-state index contributed by atoms with van der Waals surface area (Å²) in [5.74, 6) is 1.48. The third-order valence-electron chi connectivity index (χ3n) is 6.16. The number of likely N-dealkylation sites (tertiary alicyclic amines) is 1. The molecule has 9 nitrogen and oxygen atoms in total. The van der Waals surface area contributed by atoms with Gasteiger partial charge in [-0.2, -0.15) is 5.10 Å². The highest BCUT2D eigenvalue weighted by Crippen LogP contribution is 2.40. The van der Waals surface area contributed by atoms with Gasteiger partial charge in [0.05, 0.1) is 25.5 Å². The van der Waals surface area contributed by atoms with Crippen LogP contribution in [0.5, 0.6) is 5.75 Å². The molecule has 0 unspecified atom stereocenters. The van der Waals surface area contributed by atoms with Crippen LogP contribution in [-0.4, -0.2) is 63.4 Å². The van der Waals surface area contributed by atoms with E-state index in [1.54, 1.807) is 30.0 Å². The molecular weight excluding hydrogens is 413 g/mol. The fraction of sp³-hybridized carbons (Fsp3) is 0.409. The van der Waals surface area contributed by atoms with Crippen molar-refractivity contribution in [3.05, 3.63) is 48.0 Å². The van der Waals surface area contributed by atoms with E-state index < -0.39 is 0 Å². The maximum Gasteiger partial charge on any atom is 0.196 e. The zero-order valence-electron chi connectivity index (χ0n) is 17.9. The van der Waals surface area contributed by atoms with Crippen molar-refractivity contribution in [2.24, 2.45) is 10.7 Å². The maximum atomic E-state index is 14.0. The number of aliphatic imine (C=N–C) groups is 1. The van der Waals surface area contributed by atoms with Crippen molar-refractivity contribution in [2.45, 2.75) is 31.4 Å². The van der Waals surface area contributed by atoms with Gasteiger partial charge in [0.25, 0.3) is 0 Å². The van der Waals surface area contributed by atoms with Crippen molar-refractivity contribution in [3.8, 4) is 5.75 Å². The Balaban J connectivity index is 1.48. The van der Waals surface area contributed by atoms with Gasteiger partial charge in [-0.25, -0.2) is 18.9 Å². The number of hydrogen-bond donors (Lipinski definition) is 2. The molecule has 10 heteroatoms. The van der Waals surface area contributed by atoms with E-state index in [0.717, 1.165) is 30.8 Å². The van der Waals surface area contributed by atoms with E-state index in [1.165, 1.54) is 6.07 Å². The summed E-state index contributed by atoms with van der Waals surface area (Å²) in [4.78, 5) is 13.4. The standard InChI is InChI=1S/C22H26FN7O2/c1-32-19-5-4-14(23)11-16(19)18-3-2-8-29(18)20-7-10-30-21(27-20)17(12-25-30)26-22(24)28-9-6-15(31)13-28/h4-5,7,10-12,15,18,31H,2-3,6,8-9,13H2,1H3,(H2,24,26)/t15-,18+/m0/s1. The van der Waals surface area contributed by atoms with E-state index in [-0.39, 0.29) is 18.0 Å². The number of guanidine groups is 1. The number of aliphatic hydroxyl groups excluding tert-OH is 1. The molecule has 0 spiro atoms. The first-order valence-electron chi connectivity index (χ1n) is 10.7. The molecule has 0 amide bonds. The zero-order chi connectivity index (χ0) is 22.2. The molecule has 3 aromatic rings. The summed E-state index contributed by atoms with van der Waals surface area (Å²) in [6.45, 7) is 1.94. The molecule has 4 heterocycles. The van der Waals surface area contributed by atoms with Gasteiger partial charge in [0.15, 0.2) is 11.6 Å². The molecule has 0 saturated carbocycles. The Morgan fingerprint density at radius 3 is 2.94 bits per heavy atom. The maximum absolute atomic E-state index is 14.0. The van der Waals surface area contributed by atoms with Crippen LogP contribution in [0.25, 0.3) is 5.65 Å². The number of benzene rings is 1. The van der Waals surface area contributed by atoms with Crippen LogP contribution < -0.4 is 15.4 Å². The van der Waals surface area contributed by atoms with E-state index in [0.29, 0.717) is 42.6 Å². The second kappa shape index (κ2) is 8.27. The van der Waals surface area contributed by atoms with Gasteiger partial charge in [0.2, 0.25) is 0 Å². The van der Waals surface area contributed by atoms with Crippen LogP contribution >= 0.6 is 0 Å². The molecule has 1 aromatic carbocycles. The number of nitrogens with zero attached hydrogens (tertiary/aromatic N) is 6. The number of halogens is 1. The summed E-state index contributed by atoms with van der Waals surface area (Å²) in [5, 5.41) is 14.1. The number of rotatable bonds is 4. The molecule has 2 atom stereocenters. The molecule has 0 radical (unpaired) electrons. The van der Waals surface area contributed by atoms with Crippen LogP contribution in [0.4, 0.5) is 15.9 Å². The van der Waals surface area contributed by atoms with E-state index >= 15 is 0 Å². The normalized spacial score (nSPS) is 21.7. The third kappa shape index (κ3) is 3.70. The number of ether oxygens (including phenoxy) is 1. The van der Waals surface area contributed by atoms with Crippen LogP contribution in [0.2, 0.25) is 0 Å². The highest BCUT2D eigenvalue weighted by Gasteiger charge is 2.30. The van der Waals surface area contributed by atoms with Gasteiger partial charge in [-0.15, -0.1) is 0 Å². The van der Waals surface area contributed by atoms with E-state index in [4.69, 9.17) is 15.5 Å². The molecule has 2 aliphatic heterocycles. The molecule has 0 bridgehead atoms. The molecule has 3 N–H and O–H groups in total. The van der Waals surface area contributed by atoms with Crippen LogP contribution in [0.15, 0.2) is 41.7 Å². The molecular formula is C22H26FN7O2. The fourth-order valence-electron chi connectivity index (χ4n) is 4.56. The number of β-amino-alcohol motifs (C(OH)–C–C–N with tert-alkyl or cyclic N) is 1. The largest absolute Gasteiger partial charge is 0.496 e. The van der Waals surface area contributed by atoms with Crippen molar-refractivity contribution in [2.75, 3.05) is 31.6 Å². The van der Waals surface area contributed by atoms with E-state index in [9.17, 15) is 9.50 Å². The van der Waals surface area contributed by atoms with Gasteiger partial charge >= 0.3 is 0 Å². The molecule has 2 saturated heterocycles. The first-order chi connectivity index (χ1) is 15.5. The number of nitrogens with two attached hydrogens (primary N) is 1. The summed E-state index contributed by atoms with van der Waals surface area (Å²) >= 11 is 0. The lowest BCUT2D eigenvalue weighted by molar-refractivity contribution is 0.188. The summed E-state index contributed by atoms with van der Waals surface area (Å²) in [5.41, 5.74) is 8.13. The lowest BCUT2D eigenvalue weighted by Gasteiger charge is -2.27. The van der Waals surface area contributed by atoms with Gasteiger partial charge < -0.3 is 25.4 Å². The second-order valence-corrected chi connectivity index (χ2v) is 8.18. The summed E-state index contributed by atoms with van der Waals surface area (Å²) in [7, 11) is 1.60. The molecule has 2 aliphatic rings. The van der Waals surface area contributed by atoms with E-state index in [2.05, 4.69) is 15.0 Å². The van der Waals surface area contributed by atoms with Gasteiger partial charge in [0.1, 0.15) is 23.1 Å². The molecule has 2 fully saturated rings. The Morgan fingerprint density at radius 1 is 1.28 bits per heavy atom. The Morgan fingerprint density at radius 2 is 2.16 bits per heavy atom. The number of anilines is 1. The highest BCUT2D eigenvalue weighted by atomic mass is 19.1. The fourth-order valence-corrected chi connectivity index (χ4v) is 4.56. The second-order valence-electron chi connectivity index (χ2n) is 8.18. The zero-order valence-corrected chi connectivity index (χ0v) is 17.9. The Bertz CT molecular complexity index is 1160. The minimum atomic E-state index is -0.385. The van der Waals surface area contributed by atoms with Gasteiger partial charge in [-0.3, -0.25) is 0 Å². The van der Waals surface area contributed by atoms with Gasteiger partial charge in [-0.1, -0.05) is 0 Å². The molecule has 32 heavy (non-hydrogen) atoms. The number of aromatic nitrogens is 3. The minimum absolute atomic E-state index is 0.0402. The van der Waals surface area contributed by atoms with Crippen LogP contribution in [0.3, 0.4) is 0 Å². The molecule has 0 aliphatic carbocycles. The Labute approximate surface area is 184 Å². The van der Waals surface area contributed by atoms with Crippen molar-refractivity contribution >= 4 is 23.1 Å². The number of methoxy groups -OCH3 is 1. The van der Waals surface area contributed by atoms with Crippen molar-refractivity contribution in [3.63, 3.8) is 0 Å². The summed E-state index contributed by atoms with van der Waals surface area (Å²) in [6.07, 6.45) is 5.59. The number of fused-ring (bicyclic) bond motifs is 1. The number of aliphatic hydroxyl groups is 1. The monoisotopic (exact) mass is 439 g/mol. The lowest BCUT2D eigenvalue weighted by Crippen LogP contribution is -2.35. The van der Waals surface area contributed by atoms with Crippen LogP contribution in [0.1, 0.15) is 30.9 Å². The lowest BCUT2D eigenvalue weighted by atomic mass is 10.0. The van der Waals surface area contributed by atoms with Crippen molar-refractivity contribution < 1.29 is 14.2 Å². The number of hydrogen-bond acceptors (Lipinski definition) is 6. The van der Waals surface area contributed by atoms with Gasteiger partial charge in [-0.05, 0) is 43.5 Å². The van der Waals surface area contributed by atoms with E-state index in [1.807, 2.05) is 17.2 Å². The Kier molecular flexibility index (Phi) is 5.30. The summed E-state index contributed by atoms with van der Waals surface area (Å²) < 4.78 is 21.2. The van der Waals surface area contributed by atoms with Crippen molar-refractivity contribution in [1.29, 1.82) is 0 Å². The molecule has 2 aromatic heterocycles. The molecule has 168 valence electrons. The smallest absolute Gasteiger partial charge is 0.196 e. The predicted octanol–water partition coefficient (Wildman–Crippen LogP) is 2.23. The highest BCUT2D eigenvalue weighted by molar-refractivity contribution is 5.84. The summed E-state index contributed by atoms with van der Waals surface area (Å²) in [6, 6.07) is 6.48. The average Bonchev–Trinajstić information content (AvgIpc) is 3.53. The predicted molar refractivity (Wildman–Crippen MR) is 119 cm³/mol. The van der Waals surface area contributed by atoms with Crippen LogP contribution in [0, 0.1) is 5.82 Å². The minimum Gasteiger partial charge on any atom is -0.496 e. The van der Waals surface area contributed by atoms with Gasteiger partial charge in [0, 0.05) is 31.4 Å². The average molecular weight is 439 g/mol. The first-order valence-corrected chi connectivity index (χ1v) is 10.7. The SMILES string of the molecule is COc1ccc(F)cc1[C@H]1CCCN1c1ccn2ncc(N=C(N)N3CC[C@H](O)C3)c2n1.